The van der Waals surface area contributed by atoms with Gasteiger partial charge >= 0.3 is 0 Å². The summed E-state index contributed by atoms with van der Waals surface area (Å²) in [6.07, 6.45) is 0.348. The van der Waals surface area contributed by atoms with Crippen LogP contribution in [0.4, 0.5) is 5.69 Å². The third-order valence-electron chi connectivity index (χ3n) is 3.00. The van der Waals surface area contributed by atoms with E-state index in [2.05, 4.69) is 11.4 Å². The molecule has 1 aliphatic rings. The first-order chi connectivity index (χ1) is 9.33. The van der Waals surface area contributed by atoms with Crippen LogP contribution in [0, 0.1) is 11.3 Å². The van der Waals surface area contributed by atoms with Crippen LogP contribution >= 0.6 is 11.8 Å². The highest BCUT2D eigenvalue weighted by molar-refractivity contribution is 7.99. The number of benzene rings is 1. The molecule has 0 aliphatic carbocycles. The van der Waals surface area contributed by atoms with Gasteiger partial charge in [-0.05, 0) is 12.1 Å². The van der Waals surface area contributed by atoms with Crippen molar-refractivity contribution in [2.24, 2.45) is 0 Å². The molecule has 1 saturated heterocycles. The molecule has 1 heterocycles. The molecule has 1 atom stereocenters. The van der Waals surface area contributed by atoms with E-state index in [0.29, 0.717) is 13.0 Å². The highest BCUT2D eigenvalue weighted by atomic mass is 32.2. The number of rotatable bonds is 4. The van der Waals surface area contributed by atoms with Crippen molar-refractivity contribution in [2.75, 3.05) is 29.5 Å². The summed E-state index contributed by atoms with van der Waals surface area (Å²) in [7, 11) is 0. The minimum atomic E-state index is -0.141. The summed E-state index contributed by atoms with van der Waals surface area (Å²) in [5, 5.41) is 12.0. The monoisotopic (exact) mass is 275 g/mol. The van der Waals surface area contributed by atoms with Crippen molar-refractivity contribution in [3.63, 3.8) is 0 Å². The number of carbonyl (C=O) groups is 1. The quantitative estimate of drug-likeness (QED) is 0.907. The molecule has 2 rings (SSSR count). The van der Waals surface area contributed by atoms with E-state index in [0.717, 1.165) is 23.7 Å². The number of hydrogen-bond donors (Lipinski definition) is 1. The molecular formula is C14H17N3OS. The van der Waals surface area contributed by atoms with Crippen LogP contribution in [0.3, 0.4) is 0 Å². The van der Waals surface area contributed by atoms with Crippen LogP contribution in [-0.4, -0.2) is 36.5 Å². The van der Waals surface area contributed by atoms with Crippen LogP contribution in [0.2, 0.25) is 0 Å². The van der Waals surface area contributed by atoms with Gasteiger partial charge in [0.2, 0.25) is 5.91 Å². The molecule has 1 N–H and O–H groups in total. The second kappa shape index (κ2) is 7.17. The first-order valence-corrected chi connectivity index (χ1v) is 7.53. The molecule has 0 spiro atoms. The predicted octanol–water partition coefficient (Wildman–Crippen LogP) is 1.64. The zero-order valence-corrected chi connectivity index (χ0v) is 11.5. The van der Waals surface area contributed by atoms with Gasteiger partial charge in [-0.25, -0.2) is 0 Å². The largest absolute Gasteiger partial charge is 0.310 e. The summed E-state index contributed by atoms with van der Waals surface area (Å²) in [5.74, 6) is 1.91. The summed E-state index contributed by atoms with van der Waals surface area (Å²) in [6, 6.07) is 11.5. The van der Waals surface area contributed by atoms with E-state index < -0.39 is 0 Å². The van der Waals surface area contributed by atoms with Crippen LogP contribution in [0.1, 0.15) is 6.42 Å². The minimum Gasteiger partial charge on any atom is -0.310 e. The number of hydrogen-bond acceptors (Lipinski definition) is 4. The third-order valence-corrected chi connectivity index (χ3v) is 4.06. The highest BCUT2D eigenvalue weighted by Gasteiger charge is 2.26. The van der Waals surface area contributed by atoms with Gasteiger partial charge in [-0.1, -0.05) is 18.2 Å². The Kier molecular flexibility index (Phi) is 5.25. The molecule has 1 aromatic carbocycles. The van der Waals surface area contributed by atoms with Gasteiger partial charge in [0.25, 0.3) is 0 Å². The number of nitriles is 1. The molecule has 5 heteroatoms. The van der Waals surface area contributed by atoms with Gasteiger partial charge in [0.1, 0.15) is 0 Å². The lowest BCUT2D eigenvalue weighted by atomic mass is 10.2. The minimum absolute atomic E-state index is 0.0636. The van der Waals surface area contributed by atoms with E-state index in [1.807, 2.05) is 30.3 Å². The number of anilines is 1. The SMILES string of the molecule is N#CCCN(C(=O)C1CSCCN1)c1ccccc1. The van der Waals surface area contributed by atoms with Gasteiger partial charge < -0.3 is 10.2 Å². The summed E-state index contributed by atoms with van der Waals surface area (Å²) in [4.78, 5) is 14.3. The molecule has 1 aliphatic heterocycles. The van der Waals surface area contributed by atoms with Crippen LogP contribution in [0.25, 0.3) is 0 Å². The van der Waals surface area contributed by atoms with Crippen LogP contribution in [-0.2, 0) is 4.79 Å². The summed E-state index contributed by atoms with van der Waals surface area (Å²) in [5.41, 5.74) is 0.861. The van der Waals surface area contributed by atoms with Crippen molar-refractivity contribution in [3.05, 3.63) is 30.3 Å². The Bertz CT molecular complexity index is 452. The fourth-order valence-corrected chi connectivity index (χ4v) is 2.97. The summed E-state index contributed by atoms with van der Waals surface area (Å²) < 4.78 is 0. The summed E-state index contributed by atoms with van der Waals surface area (Å²) in [6.45, 7) is 1.31. The first-order valence-electron chi connectivity index (χ1n) is 6.37. The van der Waals surface area contributed by atoms with E-state index >= 15 is 0 Å². The standard InChI is InChI=1S/C14H17N3OS/c15-7-4-9-17(12-5-2-1-3-6-12)14(18)13-11-19-10-8-16-13/h1-3,5-6,13,16H,4,8-11H2. The van der Waals surface area contributed by atoms with Gasteiger partial charge in [-0.2, -0.15) is 17.0 Å². The Morgan fingerprint density at radius 2 is 2.26 bits per heavy atom. The van der Waals surface area contributed by atoms with Crippen LogP contribution in [0.5, 0.6) is 0 Å². The molecule has 0 aromatic heterocycles. The van der Waals surface area contributed by atoms with E-state index in [9.17, 15) is 4.79 Å². The van der Waals surface area contributed by atoms with Gasteiger partial charge in [0.05, 0.1) is 18.5 Å². The number of carbonyl (C=O) groups excluding carboxylic acids is 1. The molecule has 100 valence electrons. The van der Waals surface area contributed by atoms with E-state index in [4.69, 9.17) is 5.26 Å². The first kappa shape index (κ1) is 13.9. The Balaban J connectivity index is 2.12. The van der Waals surface area contributed by atoms with Gasteiger partial charge in [0.15, 0.2) is 0 Å². The van der Waals surface area contributed by atoms with Crippen molar-refractivity contribution in [3.8, 4) is 6.07 Å². The molecule has 0 saturated carbocycles. The molecule has 19 heavy (non-hydrogen) atoms. The van der Waals surface area contributed by atoms with Crippen molar-refractivity contribution in [2.45, 2.75) is 12.5 Å². The zero-order chi connectivity index (χ0) is 13.5. The molecule has 1 aromatic rings. The van der Waals surface area contributed by atoms with Crippen LogP contribution < -0.4 is 10.2 Å². The number of nitrogens with zero attached hydrogens (tertiary/aromatic N) is 2. The van der Waals surface area contributed by atoms with E-state index in [1.54, 1.807) is 16.7 Å². The number of amides is 1. The molecule has 1 fully saturated rings. The van der Waals surface area contributed by atoms with Crippen LogP contribution in [0.15, 0.2) is 30.3 Å². The smallest absolute Gasteiger partial charge is 0.245 e. The van der Waals surface area contributed by atoms with Crippen molar-refractivity contribution >= 4 is 23.4 Å². The third kappa shape index (κ3) is 3.72. The predicted molar refractivity (Wildman–Crippen MR) is 78.1 cm³/mol. The Morgan fingerprint density at radius 3 is 2.89 bits per heavy atom. The maximum absolute atomic E-state index is 12.5. The number of thioether (sulfide) groups is 1. The molecule has 4 nitrogen and oxygen atoms in total. The molecule has 1 amide bonds. The fourth-order valence-electron chi connectivity index (χ4n) is 2.05. The van der Waals surface area contributed by atoms with Crippen molar-refractivity contribution in [1.82, 2.24) is 5.32 Å². The van der Waals surface area contributed by atoms with Gasteiger partial charge in [-0.3, -0.25) is 4.79 Å². The fraction of sp³-hybridized carbons (Fsp3) is 0.429. The highest BCUT2D eigenvalue weighted by Crippen LogP contribution is 2.17. The van der Waals surface area contributed by atoms with Crippen molar-refractivity contribution < 1.29 is 4.79 Å². The second-order valence-corrected chi connectivity index (χ2v) is 5.46. The second-order valence-electron chi connectivity index (χ2n) is 4.32. The zero-order valence-electron chi connectivity index (χ0n) is 10.7. The Labute approximate surface area is 117 Å². The number of nitrogens with one attached hydrogen (secondary N) is 1. The lowest BCUT2D eigenvalue weighted by Gasteiger charge is -2.29. The topological polar surface area (TPSA) is 56.1 Å². The molecule has 0 radical (unpaired) electrons. The lowest BCUT2D eigenvalue weighted by molar-refractivity contribution is -0.120. The average Bonchev–Trinajstić information content (AvgIpc) is 2.49. The molecule has 0 bridgehead atoms. The van der Waals surface area contributed by atoms with Gasteiger partial charge in [-0.15, -0.1) is 0 Å². The maximum atomic E-state index is 12.5. The van der Waals surface area contributed by atoms with Crippen molar-refractivity contribution in [1.29, 1.82) is 5.26 Å². The Hall–Kier alpha value is -1.51. The normalized spacial score (nSPS) is 18.6. The average molecular weight is 275 g/mol. The Morgan fingerprint density at radius 1 is 1.47 bits per heavy atom. The van der Waals surface area contributed by atoms with E-state index in [-0.39, 0.29) is 11.9 Å². The summed E-state index contributed by atoms with van der Waals surface area (Å²) >= 11 is 1.79. The number of para-hydroxylation sites is 1. The van der Waals surface area contributed by atoms with E-state index in [1.165, 1.54) is 0 Å². The van der Waals surface area contributed by atoms with Gasteiger partial charge in [0, 0.05) is 30.3 Å². The maximum Gasteiger partial charge on any atom is 0.245 e. The molecule has 1 unspecified atom stereocenters. The lowest BCUT2D eigenvalue weighted by Crippen LogP contribution is -2.51. The molecular weight excluding hydrogens is 258 g/mol.